The summed E-state index contributed by atoms with van der Waals surface area (Å²) in [6.45, 7) is 1.96. The highest BCUT2D eigenvalue weighted by Gasteiger charge is 2.24. The lowest BCUT2D eigenvalue weighted by atomic mass is 10.1. The molecule has 2 heterocycles. The summed E-state index contributed by atoms with van der Waals surface area (Å²) < 4.78 is 6.00. The zero-order chi connectivity index (χ0) is 24.1. The first-order chi connectivity index (χ1) is 16.5. The molecule has 4 rings (SSSR count). The number of likely N-dealkylation sites (tertiary alicyclic amines) is 1. The highest BCUT2D eigenvalue weighted by atomic mass is 35.5. The smallest absolute Gasteiger partial charge is 0.255 e. The van der Waals surface area contributed by atoms with Crippen LogP contribution in [0.5, 0.6) is 5.75 Å². The van der Waals surface area contributed by atoms with Crippen LogP contribution in [0.1, 0.15) is 28.8 Å². The number of pyridine rings is 1. The standard InChI is InChI=1S/C25H25ClN4O4/c26-22-6-3-7-23(20(22)12-27)34-17-8-10-30(11-9-17)15-16(31)13-28-25(33)21-14-29-24(32)19-5-2-1-4-18(19)21/h1-7,14,16-17,31H,8-11,13,15H2,(H,28,33)(H,29,32)/t16-/m1/s1. The van der Waals surface area contributed by atoms with Crippen molar-refractivity contribution < 1.29 is 14.6 Å². The maximum Gasteiger partial charge on any atom is 0.255 e. The lowest BCUT2D eigenvalue weighted by Gasteiger charge is -2.33. The van der Waals surface area contributed by atoms with E-state index in [1.807, 2.05) is 0 Å². The van der Waals surface area contributed by atoms with Gasteiger partial charge in [-0.2, -0.15) is 5.26 Å². The highest BCUT2D eigenvalue weighted by molar-refractivity contribution is 6.31. The highest BCUT2D eigenvalue weighted by Crippen LogP contribution is 2.28. The first-order valence-corrected chi connectivity index (χ1v) is 11.5. The van der Waals surface area contributed by atoms with Gasteiger partial charge in [-0.15, -0.1) is 0 Å². The maximum atomic E-state index is 12.7. The number of amides is 1. The van der Waals surface area contributed by atoms with Crippen LogP contribution in [0, 0.1) is 11.3 Å². The van der Waals surface area contributed by atoms with E-state index >= 15 is 0 Å². The monoisotopic (exact) mass is 480 g/mol. The second-order valence-corrected chi connectivity index (χ2v) is 8.69. The van der Waals surface area contributed by atoms with E-state index in [4.69, 9.17) is 16.3 Å². The number of carbonyl (C=O) groups excluding carboxylic acids is 1. The summed E-state index contributed by atoms with van der Waals surface area (Å²) >= 11 is 6.07. The number of nitrogens with one attached hydrogen (secondary N) is 2. The van der Waals surface area contributed by atoms with Crippen molar-refractivity contribution in [3.8, 4) is 11.8 Å². The molecule has 1 aromatic heterocycles. The summed E-state index contributed by atoms with van der Waals surface area (Å²) in [4.78, 5) is 29.3. The second-order valence-electron chi connectivity index (χ2n) is 8.28. The van der Waals surface area contributed by atoms with E-state index in [1.54, 1.807) is 42.5 Å². The molecule has 1 aliphatic heterocycles. The van der Waals surface area contributed by atoms with Crippen molar-refractivity contribution in [3.63, 3.8) is 0 Å². The molecule has 1 fully saturated rings. The number of β-amino-alcohol motifs (C(OH)–C–C–N with tert-alkyl or cyclic N) is 1. The van der Waals surface area contributed by atoms with Crippen molar-refractivity contribution in [2.45, 2.75) is 25.0 Å². The Balaban J connectivity index is 1.26. The Morgan fingerprint density at radius 2 is 1.97 bits per heavy atom. The number of nitrogens with zero attached hydrogens (tertiary/aromatic N) is 2. The van der Waals surface area contributed by atoms with Crippen molar-refractivity contribution in [1.82, 2.24) is 15.2 Å². The number of piperidine rings is 1. The van der Waals surface area contributed by atoms with Crippen LogP contribution < -0.4 is 15.6 Å². The zero-order valence-corrected chi connectivity index (χ0v) is 19.2. The summed E-state index contributed by atoms with van der Waals surface area (Å²) in [6.07, 6.45) is 2.12. The molecular formula is C25H25ClN4O4. The minimum absolute atomic E-state index is 0.0350. The molecule has 0 unspecified atom stereocenters. The number of aromatic nitrogens is 1. The number of hydrogen-bond donors (Lipinski definition) is 3. The number of halogens is 1. The lowest BCUT2D eigenvalue weighted by Crippen LogP contribution is -2.45. The first-order valence-electron chi connectivity index (χ1n) is 11.1. The van der Waals surface area contributed by atoms with Crippen LogP contribution in [0.3, 0.4) is 0 Å². The molecule has 0 aliphatic carbocycles. The van der Waals surface area contributed by atoms with E-state index in [0.717, 1.165) is 25.9 Å². The fourth-order valence-corrected chi connectivity index (χ4v) is 4.37. The van der Waals surface area contributed by atoms with Crippen molar-refractivity contribution in [3.05, 3.63) is 75.2 Å². The lowest BCUT2D eigenvalue weighted by molar-refractivity contribution is 0.0593. The quantitative estimate of drug-likeness (QED) is 0.478. The molecule has 9 heteroatoms. The Morgan fingerprint density at radius 1 is 1.24 bits per heavy atom. The average molecular weight is 481 g/mol. The van der Waals surface area contributed by atoms with Crippen LogP contribution >= 0.6 is 11.6 Å². The van der Waals surface area contributed by atoms with Gasteiger partial charge in [-0.25, -0.2) is 0 Å². The Hall–Kier alpha value is -3.38. The topological polar surface area (TPSA) is 118 Å². The molecule has 1 aliphatic rings. The molecule has 176 valence electrons. The number of benzene rings is 2. The molecular weight excluding hydrogens is 456 g/mol. The number of H-pyrrole nitrogens is 1. The minimum atomic E-state index is -0.742. The van der Waals surface area contributed by atoms with Crippen LogP contribution in [0.15, 0.2) is 53.5 Å². The van der Waals surface area contributed by atoms with Crippen LogP contribution in [-0.4, -0.2) is 59.3 Å². The minimum Gasteiger partial charge on any atom is -0.489 e. The van der Waals surface area contributed by atoms with Gasteiger partial charge in [0.2, 0.25) is 0 Å². The van der Waals surface area contributed by atoms with Gasteiger partial charge in [0.05, 0.1) is 16.7 Å². The summed E-state index contributed by atoms with van der Waals surface area (Å²) in [6, 6.07) is 14.2. The van der Waals surface area contributed by atoms with Gasteiger partial charge in [0, 0.05) is 43.1 Å². The first kappa shape index (κ1) is 23.8. The average Bonchev–Trinajstić information content (AvgIpc) is 2.84. The van der Waals surface area contributed by atoms with E-state index in [1.165, 1.54) is 6.20 Å². The van der Waals surface area contributed by atoms with Gasteiger partial charge in [-0.05, 0) is 31.0 Å². The van der Waals surface area contributed by atoms with Gasteiger partial charge in [0.1, 0.15) is 23.5 Å². The molecule has 34 heavy (non-hydrogen) atoms. The number of rotatable bonds is 7. The van der Waals surface area contributed by atoms with E-state index in [9.17, 15) is 20.0 Å². The van der Waals surface area contributed by atoms with Gasteiger partial charge in [0.25, 0.3) is 11.5 Å². The van der Waals surface area contributed by atoms with Crippen LogP contribution in [-0.2, 0) is 0 Å². The molecule has 1 amide bonds. The zero-order valence-electron chi connectivity index (χ0n) is 18.5. The molecule has 1 saturated heterocycles. The Labute approximate surface area is 201 Å². The number of aromatic amines is 1. The Kier molecular flexibility index (Phi) is 7.48. The van der Waals surface area contributed by atoms with Gasteiger partial charge in [-0.1, -0.05) is 35.9 Å². The third-order valence-corrected chi connectivity index (χ3v) is 6.25. The van der Waals surface area contributed by atoms with Gasteiger partial charge in [0.15, 0.2) is 0 Å². The molecule has 0 bridgehead atoms. The largest absolute Gasteiger partial charge is 0.489 e. The van der Waals surface area contributed by atoms with Crippen molar-refractivity contribution >= 4 is 28.3 Å². The third kappa shape index (κ3) is 5.39. The van der Waals surface area contributed by atoms with Crippen molar-refractivity contribution in [2.24, 2.45) is 0 Å². The molecule has 3 aromatic rings. The van der Waals surface area contributed by atoms with Crippen LogP contribution in [0.2, 0.25) is 5.02 Å². The van der Waals surface area contributed by atoms with E-state index in [-0.39, 0.29) is 24.1 Å². The van der Waals surface area contributed by atoms with Gasteiger partial charge < -0.3 is 25.0 Å². The number of hydrogen-bond acceptors (Lipinski definition) is 6. The number of fused-ring (bicyclic) bond motifs is 1. The van der Waals surface area contributed by atoms with E-state index in [2.05, 4.69) is 21.3 Å². The summed E-state index contributed by atoms with van der Waals surface area (Å²) in [5.74, 6) is 0.138. The SMILES string of the molecule is N#Cc1c(Cl)cccc1OC1CCN(C[C@H](O)CNC(=O)c2c[nH]c(=O)c3ccccc23)CC1. The number of nitriles is 1. The number of carbonyl (C=O) groups is 1. The van der Waals surface area contributed by atoms with Crippen LogP contribution in [0.25, 0.3) is 10.8 Å². The summed E-state index contributed by atoms with van der Waals surface area (Å²) in [5.41, 5.74) is 0.449. The van der Waals surface area contributed by atoms with Crippen LogP contribution in [0.4, 0.5) is 0 Å². The fraction of sp³-hybridized carbons (Fsp3) is 0.320. The van der Waals surface area contributed by atoms with Gasteiger partial charge >= 0.3 is 0 Å². The normalized spacial score (nSPS) is 15.6. The predicted molar refractivity (Wildman–Crippen MR) is 129 cm³/mol. The Bertz CT molecular complexity index is 1280. The molecule has 8 nitrogen and oxygen atoms in total. The molecule has 2 aromatic carbocycles. The van der Waals surface area contributed by atoms with Gasteiger partial charge in [-0.3, -0.25) is 9.59 Å². The molecule has 0 radical (unpaired) electrons. The third-order valence-electron chi connectivity index (χ3n) is 5.94. The number of ether oxygens (including phenoxy) is 1. The van der Waals surface area contributed by atoms with E-state index < -0.39 is 6.10 Å². The molecule has 0 saturated carbocycles. The number of aliphatic hydroxyl groups excluding tert-OH is 1. The Morgan fingerprint density at radius 3 is 2.71 bits per heavy atom. The van der Waals surface area contributed by atoms with Crippen molar-refractivity contribution in [1.29, 1.82) is 5.26 Å². The maximum absolute atomic E-state index is 12.7. The molecule has 3 N–H and O–H groups in total. The predicted octanol–water partition coefficient (Wildman–Crippen LogP) is 2.69. The second kappa shape index (κ2) is 10.7. The number of aliphatic hydroxyl groups is 1. The molecule has 1 atom stereocenters. The molecule has 0 spiro atoms. The van der Waals surface area contributed by atoms with Crippen molar-refractivity contribution in [2.75, 3.05) is 26.2 Å². The summed E-state index contributed by atoms with van der Waals surface area (Å²) in [7, 11) is 0. The fourth-order valence-electron chi connectivity index (χ4n) is 4.17. The van der Waals surface area contributed by atoms with E-state index in [0.29, 0.717) is 39.2 Å². The summed E-state index contributed by atoms with van der Waals surface area (Å²) in [5, 5.41) is 23.9.